The van der Waals surface area contributed by atoms with Gasteiger partial charge in [0.25, 0.3) is 0 Å². The third kappa shape index (κ3) is 4.25. The van der Waals surface area contributed by atoms with Crippen LogP contribution in [0.4, 0.5) is 0 Å². The Bertz CT molecular complexity index is 931. The van der Waals surface area contributed by atoms with Crippen LogP contribution < -0.4 is 10.1 Å². The van der Waals surface area contributed by atoms with Crippen molar-refractivity contribution in [3.8, 4) is 16.9 Å². The second-order valence-corrected chi connectivity index (χ2v) is 6.68. The summed E-state index contributed by atoms with van der Waals surface area (Å²) in [5, 5.41) is 8.43. The Morgan fingerprint density at radius 3 is 2.63 bits per heavy atom. The second-order valence-electron chi connectivity index (χ2n) is 6.68. The normalized spacial score (nSPS) is 11.1. The third-order valence-corrected chi connectivity index (χ3v) is 4.38. The van der Waals surface area contributed by atoms with Crippen LogP contribution in [-0.2, 0) is 11.3 Å². The number of nitrogens with one attached hydrogen (secondary N) is 1. The first-order valence-corrected chi connectivity index (χ1v) is 8.87. The number of ether oxygens (including phenoxy) is 1. The molecule has 0 atom stereocenters. The number of rotatable bonds is 7. The van der Waals surface area contributed by atoms with Gasteiger partial charge in [-0.3, -0.25) is 4.79 Å². The number of carbonyl (C=O) groups excluding carboxylic acids is 1. The molecule has 1 N–H and O–H groups in total. The van der Waals surface area contributed by atoms with Crippen LogP contribution in [0, 0.1) is 6.92 Å². The molecule has 0 aliphatic rings. The van der Waals surface area contributed by atoms with Gasteiger partial charge in [-0.25, -0.2) is 9.67 Å². The zero-order valence-electron chi connectivity index (χ0n) is 16.2. The Morgan fingerprint density at radius 2 is 1.96 bits per heavy atom. The molecule has 3 rings (SSSR count). The van der Waals surface area contributed by atoms with E-state index in [2.05, 4.69) is 15.4 Å². The third-order valence-electron chi connectivity index (χ3n) is 4.38. The topological polar surface area (TPSA) is 72.3 Å². The molecular formula is C20H25N5O2. The van der Waals surface area contributed by atoms with Crippen molar-refractivity contribution in [2.75, 3.05) is 34.3 Å². The lowest BCUT2D eigenvalue weighted by molar-refractivity contribution is -0.121. The van der Waals surface area contributed by atoms with Gasteiger partial charge in [0, 0.05) is 24.7 Å². The molecule has 0 saturated carbocycles. The van der Waals surface area contributed by atoms with Crippen molar-refractivity contribution in [2.24, 2.45) is 0 Å². The summed E-state index contributed by atoms with van der Waals surface area (Å²) < 4.78 is 6.90. The SMILES string of the molecule is COc1ccc(-c2ccnc3c2c(C)nn3CC(=O)NCCN(C)C)cc1. The minimum atomic E-state index is -0.0714. The van der Waals surface area contributed by atoms with Crippen LogP contribution in [0.1, 0.15) is 5.69 Å². The van der Waals surface area contributed by atoms with Crippen LogP contribution >= 0.6 is 0 Å². The molecule has 0 radical (unpaired) electrons. The van der Waals surface area contributed by atoms with E-state index in [-0.39, 0.29) is 12.5 Å². The molecule has 142 valence electrons. The maximum absolute atomic E-state index is 12.2. The number of fused-ring (bicyclic) bond motifs is 1. The van der Waals surface area contributed by atoms with Crippen LogP contribution in [0.2, 0.25) is 0 Å². The molecule has 7 nitrogen and oxygen atoms in total. The number of aryl methyl sites for hydroxylation is 1. The molecule has 0 aliphatic heterocycles. The highest BCUT2D eigenvalue weighted by Gasteiger charge is 2.15. The number of benzene rings is 1. The van der Waals surface area contributed by atoms with E-state index >= 15 is 0 Å². The van der Waals surface area contributed by atoms with Crippen molar-refractivity contribution >= 4 is 16.9 Å². The predicted molar refractivity (Wildman–Crippen MR) is 106 cm³/mol. The quantitative estimate of drug-likeness (QED) is 0.692. The molecule has 0 saturated heterocycles. The van der Waals surface area contributed by atoms with Gasteiger partial charge in [-0.2, -0.15) is 5.10 Å². The Kier molecular flexibility index (Phi) is 5.71. The van der Waals surface area contributed by atoms with E-state index in [1.807, 2.05) is 56.3 Å². The summed E-state index contributed by atoms with van der Waals surface area (Å²) >= 11 is 0. The fraction of sp³-hybridized carbons (Fsp3) is 0.350. The lowest BCUT2D eigenvalue weighted by Crippen LogP contribution is -2.33. The summed E-state index contributed by atoms with van der Waals surface area (Å²) in [4.78, 5) is 18.7. The summed E-state index contributed by atoms with van der Waals surface area (Å²) in [6.07, 6.45) is 1.75. The standard InChI is InChI=1S/C20H25N5O2/c1-14-19-17(15-5-7-16(27-4)8-6-15)9-10-22-20(19)25(23-14)13-18(26)21-11-12-24(2)3/h5-10H,11-13H2,1-4H3,(H,21,26). The van der Waals surface area contributed by atoms with Gasteiger partial charge in [-0.1, -0.05) is 12.1 Å². The number of methoxy groups -OCH3 is 1. The summed E-state index contributed by atoms with van der Waals surface area (Å²) in [6, 6.07) is 9.86. The van der Waals surface area contributed by atoms with E-state index in [1.165, 1.54) is 0 Å². The predicted octanol–water partition coefficient (Wildman–Crippen LogP) is 2.09. The van der Waals surface area contributed by atoms with E-state index in [1.54, 1.807) is 18.0 Å². The van der Waals surface area contributed by atoms with Gasteiger partial charge in [0.05, 0.1) is 12.8 Å². The first-order chi connectivity index (χ1) is 13.0. The van der Waals surface area contributed by atoms with E-state index in [4.69, 9.17) is 4.74 Å². The molecule has 1 aromatic carbocycles. The summed E-state index contributed by atoms with van der Waals surface area (Å²) in [5.41, 5.74) is 3.66. The molecular weight excluding hydrogens is 342 g/mol. The first-order valence-electron chi connectivity index (χ1n) is 8.87. The van der Waals surface area contributed by atoms with Crippen molar-refractivity contribution in [1.82, 2.24) is 25.0 Å². The second kappa shape index (κ2) is 8.18. The maximum Gasteiger partial charge on any atom is 0.241 e. The van der Waals surface area contributed by atoms with Crippen LogP contribution in [0.5, 0.6) is 5.75 Å². The van der Waals surface area contributed by atoms with Crippen LogP contribution in [0.3, 0.4) is 0 Å². The molecule has 0 unspecified atom stereocenters. The molecule has 0 fully saturated rings. The number of aromatic nitrogens is 3. The number of hydrogen-bond acceptors (Lipinski definition) is 5. The van der Waals surface area contributed by atoms with E-state index in [0.29, 0.717) is 12.2 Å². The molecule has 0 spiro atoms. The van der Waals surface area contributed by atoms with Crippen LogP contribution in [0.15, 0.2) is 36.5 Å². The molecule has 2 aromatic heterocycles. The van der Waals surface area contributed by atoms with Gasteiger partial charge < -0.3 is 15.0 Å². The first kappa shape index (κ1) is 18.8. The average Bonchev–Trinajstić information content (AvgIpc) is 2.97. The van der Waals surface area contributed by atoms with Crippen molar-refractivity contribution < 1.29 is 9.53 Å². The molecule has 0 aliphatic carbocycles. The molecule has 3 aromatic rings. The molecule has 1 amide bonds. The van der Waals surface area contributed by atoms with E-state index in [0.717, 1.165) is 34.5 Å². The molecule has 0 bridgehead atoms. The van der Waals surface area contributed by atoms with Gasteiger partial charge in [-0.05, 0) is 50.3 Å². The fourth-order valence-electron chi connectivity index (χ4n) is 3.01. The fourth-order valence-corrected chi connectivity index (χ4v) is 3.01. The largest absolute Gasteiger partial charge is 0.497 e. The average molecular weight is 367 g/mol. The zero-order valence-corrected chi connectivity index (χ0v) is 16.2. The zero-order chi connectivity index (χ0) is 19.4. The van der Waals surface area contributed by atoms with Crippen LogP contribution in [0.25, 0.3) is 22.2 Å². The van der Waals surface area contributed by atoms with E-state index < -0.39 is 0 Å². The Labute approximate surface area is 159 Å². The number of carbonyl (C=O) groups is 1. The Hall–Kier alpha value is -2.93. The minimum absolute atomic E-state index is 0.0714. The van der Waals surface area contributed by atoms with Crippen molar-refractivity contribution in [2.45, 2.75) is 13.5 Å². The molecule has 7 heteroatoms. The Balaban J connectivity index is 1.88. The molecule has 27 heavy (non-hydrogen) atoms. The lowest BCUT2D eigenvalue weighted by Gasteiger charge is -2.10. The van der Waals surface area contributed by atoms with Crippen molar-refractivity contribution in [3.05, 3.63) is 42.2 Å². The van der Waals surface area contributed by atoms with Gasteiger partial charge in [0.15, 0.2) is 5.65 Å². The highest BCUT2D eigenvalue weighted by molar-refractivity contribution is 5.95. The minimum Gasteiger partial charge on any atom is -0.497 e. The van der Waals surface area contributed by atoms with Crippen molar-refractivity contribution in [1.29, 1.82) is 0 Å². The number of hydrogen-bond donors (Lipinski definition) is 1. The Morgan fingerprint density at radius 1 is 1.22 bits per heavy atom. The highest BCUT2D eigenvalue weighted by Crippen LogP contribution is 2.30. The summed E-state index contributed by atoms with van der Waals surface area (Å²) in [6.45, 7) is 3.49. The number of amides is 1. The van der Waals surface area contributed by atoms with Gasteiger partial charge >= 0.3 is 0 Å². The number of nitrogens with zero attached hydrogens (tertiary/aromatic N) is 4. The summed E-state index contributed by atoms with van der Waals surface area (Å²) in [7, 11) is 5.60. The van der Waals surface area contributed by atoms with Gasteiger partial charge in [0.2, 0.25) is 5.91 Å². The number of likely N-dealkylation sites (N-methyl/N-ethyl adjacent to an activating group) is 1. The monoisotopic (exact) mass is 367 g/mol. The van der Waals surface area contributed by atoms with Crippen LogP contribution in [-0.4, -0.2) is 59.9 Å². The van der Waals surface area contributed by atoms with Gasteiger partial charge in [0.1, 0.15) is 12.3 Å². The summed E-state index contributed by atoms with van der Waals surface area (Å²) in [5.74, 6) is 0.740. The number of pyridine rings is 1. The van der Waals surface area contributed by atoms with E-state index in [9.17, 15) is 4.79 Å². The highest BCUT2D eigenvalue weighted by atomic mass is 16.5. The maximum atomic E-state index is 12.2. The van der Waals surface area contributed by atoms with Crippen molar-refractivity contribution in [3.63, 3.8) is 0 Å². The molecule has 2 heterocycles. The lowest BCUT2D eigenvalue weighted by atomic mass is 10.0. The smallest absolute Gasteiger partial charge is 0.241 e. The van der Waals surface area contributed by atoms with Gasteiger partial charge in [-0.15, -0.1) is 0 Å².